The van der Waals surface area contributed by atoms with Crippen LogP contribution in [0.5, 0.6) is 0 Å². The Kier molecular flexibility index (Phi) is 2.96. The summed E-state index contributed by atoms with van der Waals surface area (Å²) in [4.78, 5) is 2.57. The Bertz CT molecular complexity index is 542. The van der Waals surface area contributed by atoms with Gasteiger partial charge in [0.05, 0.1) is 0 Å². The summed E-state index contributed by atoms with van der Waals surface area (Å²) in [6.45, 7) is 7.81. The van der Waals surface area contributed by atoms with Crippen LogP contribution in [0.3, 0.4) is 0 Å². The molecular weight excluding hydrogens is 220 g/mol. The number of nitrogens with zero attached hydrogens (tertiary/aromatic N) is 2. The molecule has 0 bridgehead atoms. The molecule has 94 valence electrons. The summed E-state index contributed by atoms with van der Waals surface area (Å²) in [5, 5.41) is 0. The highest BCUT2D eigenvalue weighted by Gasteiger charge is 2.23. The second-order valence-electron chi connectivity index (χ2n) is 5.20. The fraction of sp³-hybridized carbons (Fsp3) is 0.375. The van der Waals surface area contributed by atoms with E-state index >= 15 is 0 Å². The number of benzene rings is 1. The minimum atomic E-state index is 0.508. The molecule has 0 amide bonds. The fourth-order valence-corrected chi connectivity index (χ4v) is 2.85. The van der Waals surface area contributed by atoms with Gasteiger partial charge in [-0.25, -0.2) is 0 Å². The molecule has 0 spiro atoms. The summed E-state index contributed by atoms with van der Waals surface area (Å²) in [5.41, 5.74) is 4.28. The van der Waals surface area contributed by atoms with Gasteiger partial charge in [0.15, 0.2) is 0 Å². The van der Waals surface area contributed by atoms with Crippen LogP contribution in [0.25, 0.3) is 0 Å². The Hall–Kier alpha value is -1.54. The van der Waals surface area contributed by atoms with E-state index in [1.165, 1.54) is 16.8 Å². The average molecular weight is 240 g/mol. The lowest BCUT2D eigenvalue weighted by Gasteiger charge is -2.35. The van der Waals surface area contributed by atoms with Gasteiger partial charge in [-0.3, -0.25) is 4.90 Å². The van der Waals surface area contributed by atoms with Crippen molar-refractivity contribution in [2.75, 3.05) is 6.54 Å². The van der Waals surface area contributed by atoms with Gasteiger partial charge in [0.1, 0.15) is 0 Å². The van der Waals surface area contributed by atoms with Crippen LogP contribution in [0.15, 0.2) is 42.6 Å². The fourth-order valence-electron chi connectivity index (χ4n) is 2.85. The molecule has 0 saturated heterocycles. The van der Waals surface area contributed by atoms with Gasteiger partial charge in [-0.05, 0) is 37.1 Å². The summed E-state index contributed by atoms with van der Waals surface area (Å²) in [5.74, 6) is 0. The lowest BCUT2D eigenvalue weighted by atomic mass is 10.1. The zero-order valence-electron chi connectivity index (χ0n) is 11.1. The number of aryl methyl sites for hydroxylation is 1. The van der Waals surface area contributed by atoms with Crippen LogP contribution in [0, 0.1) is 6.92 Å². The van der Waals surface area contributed by atoms with E-state index < -0.39 is 0 Å². The molecule has 2 nitrogen and oxygen atoms in total. The van der Waals surface area contributed by atoms with Crippen LogP contribution in [0.4, 0.5) is 0 Å². The molecule has 2 heteroatoms. The number of aromatic nitrogens is 1. The van der Waals surface area contributed by atoms with E-state index in [1.807, 2.05) is 0 Å². The summed E-state index contributed by atoms with van der Waals surface area (Å²) in [7, 11) is 0. The number of hydrogen-bond donors (Lipinski definition) is 0. The van der Waals surface area contributed by atoms with E-state index in [9.17, 15) is 0 Å². The molecule has 1 aromatic heterocycles. The lowest BCUT2D eigenvalue weighted by Crippen LogP contribution is -2.36. The van der Waals surface area contributed by atoms with Gasteiger partial charge in [-0.1, -0.05) is 24.3 Å². The molecule has 2 aromatic rings. The van der Waals surface area contributed by atoms with Crippen LogP contribution in [-0.4, -0.2) is 16.0 Å². The standard InChI is InChI=1S/C16H20N2/c1-13-6-3-4-7-15(13)12-18-11-10-17-9-5-8-16(17)14(18)2/h3-9,14H,10-12H2,1-2H3/t14-/m1/s1. The maximum absolute atomic E-state index is 2.57. The molecule has 0 radical (unpaired) electrons. The molecule has 0 N–H and O–H groups in total. The largest absolute Gasteiger partial charge is 0.349 e. The summed E-state index contributed by atoms with van der Waals surface area (Å²) in [6.07, 6.45) is 2.19. The van der Waals surface area contributed by atoms with E-state index in [2.05, 4.69) is 65.9 Å². The maximum Gasteiger partial charge on any atom is 0.0476 e. The molecule has 0 fully saturated rings. The SMILES string of the molecule is Cc1ccccc1CN1CCn2cccc2[C@H]1C. The molecule has 1 aliphatic rings. The molecule has 2 heterocycles. The normalized spacial score (nSPS) is 19.8. The van der Waals surface area contributed by atoms with E-state index in [0.29, 0.717) is 6.04 Å². The van der Waals surface area contributed by atoms with Crippen LogP contribution >= 0.6 is 0 Å². The minimum absolute atomic E-state index is 0.508. The van der Waals surface area contributed by atoms with Crippen molar-refractivity contribution >= 4 is 0 Å². The predicted octanol–water partition coefficient (Wildman–Crippen LogP) is 3.37. The monoisotopic (exact) mass is 240 g/mol. The van der Waals surface area contributed by atoms with E-state index in [-0.39, 0.29) is 0 Å². The van der Waals surface area contributed by atoms with Crippen molar-refractivity contribution in [3.05, 3.63) is 59.4 Å². The van der Waals surface area contributed by atoms with Gasteiger partial charge in [-0.2, -0.15) is 0 Å². The molecule has 1 aliphatic heterocycles. The Morgan fingerprint density at radius 2 is 1.94 bits per heavy atom. The van der Waals surface area contributed by atoms with Crippen molar-refractivity contribution in [1.29, 1.82) is 0 Å². The third-order valence-electron chi connectivity index (χ3n) is 4.10. The lowest BCUT2D eigenvalue weighted by molar-refractivity contribution is 0.160. The van der Waals surface area contributed by atoms with Gasteiger partial charge in [-0.15, -0.1) is 0 Å². The summed E-state index contributed by atoms with van der Waals surface area (Å²) >= 11 is 0. The minimum Gasteiger partial charge on any atom is -0.349 e. The zero-order valence-corrected chi connectivity index (χ0v) is 11.1. The maximum atomic E-state index is 2.57. The molecule has 0 aliphatic carbocycles. The Labute approximate surface area is 109 Å². The van der Waals surface area contributed by atoms with Crippen molar-refractivity contribution in [3.63, 3.8) is 0 Å². The highest BCUT2D eigenvalue weighted by atomic mass is 15.2. The highest BCUT2D eigenvalue weighted by molar-refractivity contribution is 5.26. The number of hydrogen-bond acceptors (Lipinski definition) is 1. The predicted molar refractivity (Wildman–Crippen MR) is 74.4 cm³/mol. The summed E-state index contributed by atoms with van der Waals surface area (Å²) in [6, 6.07) is 13.6. The molecular formula is C16H20N2. The van der Waals surface area contributed by atoms with Gasteiger partial charge in [0, 0.05) is 37.6 Å². The first-order valence-electron chi connectivity index (χ1n) is 6.69. The van der Waals surface area contributed by atoms with E-state index in [1.54, 1.807) is 0 Å². The smallest absolute Gasteiger partial charge is 0.0476 e. The van der Waals surface area contributed by atoms with Gasteiger partial charge in [0.25, 0.3) is 0 Å². The van der Waals surface area contributed by atoms with Crippen molar-refractivity contribution in [2.24, 2.45) is 0 Å². The van der Waals surface area contributed by atoms with Crippen LogP contribution in [0.1, 0.15) is 29.8 Å². The molecule has 0 unspecified atom stereocenters. The topological polar surface area (TPSA) is 8.17 Å². The van der Waals surface area contributed by atoms with E-state index in [0.717, 1.165) is 19.6 Å². The van der Waals surface area contributed by atoms with Crippen LogP contribution in [0.2, 0.25) is 0 Å². The average Bonchev–Trinajstić information content (AvgIpc) is 2.84. The highest BCUT2D eigenvalue weighted by Crippen LogP contribution is 2.27. The first-order chi connectivity index (χ1) is 8.75. The second kappa shape index (κ2) is 4.62. The van der Waals surface area contributed by atoms with Gasteiger partial charge in [0.2, 0.25) is 0 Å². The van der Waals surface area contributed by atoms with E-state index in [4.69, 9.17) is 0 Å². The van der Waals surface area contributed by atoms with Crippen molar-refractivity contribution in [1.82, 2.24) is 9.47 Å². The Balaban J connectivity index is 1.81. The molecule has 1 aromatic carbocycles. The Morgan fingerprint density at radius 3 is 2.78 bits per heavy atom. The molecule has 3 rings (SSSR count). The van der Waals surface area contributed by atoms with Gasteiger partial charge < -0.3 is 4.57 Å². The third kappa shape index (κ3) is 1.97. The van der Waals surface area contributed by atoms with Gasteiger partial charge >= 0.3 is 0 Å². The number of fused-ring (bicyclic) bond motifs is 1. The van der Waals surface area contributed by atoms with Crippen molar-refractivity contribution in [2.45, 2.75) is 33.0 Å². The number of rotatable bonds is 2. The first-order valence-corrected chi connectivity index (χ1v) is 6.69. The Morgan fingerprint density at radius 1 is 1.11 bits per heavy atom. The zero-order chi connectivity index (χ0) is 12.5. The first kappa shape index (κ1) is 11.5. The van der Waals surface area contributed by atoms with Crippen LogP contribution < -0.4 is 0 Å². The third-order valence-corrected chi connectivity index (χ3v) is 4.10. The molecule has 0 saturated carbocycles. The van der Waals surface area contributed by atoms with Crippen LogP contribution in [-0.2, 0) is 13.1 Å². The quantitative estimate of drug-likeness (QED) is 0.781. The molecule has 1 atom stereocenters. The molecule has 18 heavy (non-hydrogen) atoms. The summed E-state index contributed by atoms with van der Waals surface area (Å²) < 4.78 is 2.37. The second-order valence-corrected chi connectivity index (χ2v) is 5.20. The van der Waals surface area contributed by atoms with Crippen molar-refractivity contribution in [3.8, 4) is 0 Å². The van der Waals surface area contributed by atoms with Crippen molar-refractivity contribution < 1.29 is 0 Å².